The molecular formula is C15H66N14O21P7-5. The molecule has 0 aromatic heterocycles. The Labute approximate surface area is 329 Å². The molecule has 362 valence electrons. The largest absolute Gasteiger partial charge is 0.810 e. The molecule has 0 aliphatic carbocycles. The molecule has 0 spiro atoms. The average Bonchev–Trinajstić information content (AvgIpc) is 2.75. The summed E-state index contributed by atoms with van der Waals surface area (Å²) in [5, 5.41) is 0. The molecule has 0 aromatic rings. The van der Waals surface area contributed by atoms with Crippen molar-refractivity contribution in [2.24, 2.45) is 0 Å². The van der Waals surface area contributed by atoms with Crippen LogP contribution in [0.15, 0.2) is 0 Å². The molecule has 0 aromatic carbocycles. The topological polar surface area (TPSA) is 787 Å². The highest BCUT2D eigenvalue weighted by atomic mass is 31.2. The lowest BCUT2D eigenvalue weighted by Gasteiger charge is -2.43. The quantitative estimate of drug-likeness (QED) is 0.0363. The van der Waals surface area contributed by atoms with Crippen LogP contribution < -0.4 is 124 Å². The lowest BCUT2D eigenvalue weighted by Crippen LogP contribution is -2.47. The van der Waals surface area contributed by atoms with Gasteiger partial charge in [0.25, 0.3) is 0 Å². The third-order valence-corrected chi connectivity index (χ3v) is 10.8. The van der Waals surface area contributed by atoms with E-state index in [-0.39, 0.29) is 55.4 Å². The van der Waals surface area contributed by atoms with Crippen LogP contribution in [0.3, 0.4) is 0 Å². The van der Waals surface area contributed by atoms with Crippen molar-refractivity contribution in [3.63, 3.8) is 0 Å². The number of nitrogens with zero attached hydrogens (tertiary/aromatic N) is 5. The van der Waals surface area contributed by atoms with Gasteiger partial charge in [0, 0.05) is 96.4 Å². The Kier molecular flexibility index (Phi) is 47.2. The smallest absolute Gasteiger partial charge is 0.0264 e. The van der Waals surface area contributed by atoms with Gasteiger partial charge >= 0.3 is 0 Å². The second kappa shape index (κ2) is 33.1. The summed E-state index contributed by atoms with van der Waals surface area (Å²) in [5.41, 5.74) is 0. The maximum Gasteiger partial charge on any atom is 0.0264 e. The number of hydrogen-bond acceptors (Lipinski definition) is 26. The van der Waals surface area contributed by atoms with Gasteiger partial charge in [-0.05, 0) is 0 Å². The van der Waals surface area contributed by atoms with Gasteiger partial charge in [0.2, 0.25) is 0 Å². The van der Waals surface area contributed by atoms with Gasteiger partial charge in [-0.25, -0.2) is 0 Å². The van der Waals surface area contributed by atoms with Gasteiger partial charge in [-0.3, -0.25) is 24.5 Å². The Morgan fingerprint density at radius 1 is 0.211 bits per heavy atom. The number of hydrogen-bond donors (Lipinski definition) is 9. The van der Waals surface area contributed by atoms with Gasteiger partial charge in [0.1, 0.15) is 0 Å². The van der Waals surface area contributed by atoms with Crippen LogP contribution >= 0.6 is 53.2 Å². The highest BCUT2D eigenvalue weighted by Gasteiger charge is 2.18. The molecule has 0 heterocycles. The zero-order chi connectivity index (χ0) is 38.0. The molecule has 0 fully saturated rings. The number of rotatable bonds is 26. The Morgan fingerprint density at radius 2 is 0.298 bits per heavy atom. The van der Waals surface area contributed by atoms with E-state index in [1.54, 1.807) is 0 Å². The van der Waals surface area contributed by atoms with Crippen molar-refractivity contribution in [2.45, 2.75) is 0 Å². The first kappa shape index (κ1) is 81.3. The fraction of sp³-hybridized carbons (Fsp3) is 1.00. The summed E-state index contributed by atoms with van der Waals surface area (Å²) >= 11 is 0. The molecular weight excluding hydrogens is 929 g/mol. The lowest BCUT2D eigenvalue weighted by molar-refractivity contribution is -0.321. The van der Waals surface area contributed by atoms with E-state index in [2.05, 4.69) is 0 Å². The van der Waals surface area contributed by atoms with Gasteiger partial charge in [0.05, 0.1) is 0 Å². The molecule has 36 N–H and O–H groups in total. The Bertz CT molecular complexity index is 1220. The van der Waals surface area contributed by atoms with Gasteiger partial charge < -0.3 is 156 Å². The van der Waals surface area contributed by atoms with Crippen molar-refractivity contribution in [3.05, 3.63) is 0 Å². The van der Waals surface area contributed by atoms with Crippen LogP contribution in [0, 0.1) is 0 Å². The first-order chi connectivity index (χ1) is 21.1. The Morgan fingerprint density at radius 3 is 0.404 bits per heavy atom. The molecule has 35 nitrogen and oxygen atoms in total. The van der Waals surface area contributed by atoms with Crippen LogP contribution in [0.2, 0.25) is 0 Å². The van der Waals surface area contributed by atoms with E-state index in [1.807, 2.05) is 0 Å². The van der Waals surface area contributed by atoms with Crippen molar-refractivity contribution in [1.82, 2.24) is 79.9 Å². The van der Waals surface area contributed by atoms with E-state index < -0.39 is 150 Å². The molecule has 0 saturated carbocycles. The molecule has 42 heteroatoms. The third-order valence-electron chi connectivity index (χ3n) is 5.54. The number of quaternary nitrogens is 9. The zero-order valence-corrected chi connectivity index (χ0v) is 39.8. The molecule has 0 aliphatic heterocycles. The van der Waals surface area contributed by atoms with Crippen molar-refractivity contribution in [1.29, 1.82) is 0 Å². The van der Waals surface area contributed by atoms with E-state index >= 15 is 0 Å². The summed E-state index contributed by atoms with van der Waals surface area (Å²) in [7, 11) is -38.3. The Balaban J connectivity index is -0.000000307. The summed E-state index contributed by atoms with van der Waals surface area (Å²) in [5.74, 6) is 0. The third kappa shape index (κ3) is 54.5. The summed E-state index contributed by atoms with van der Waals surface area (Å²) in [6.45, 7) is -5.71. The predicted molar refractivity (Wildman–Crippen MR) is 189 cm³/mol. The van der Waals surface area contributed by atoms with Crippen molar-refractivity contribution >= 4 is 53.2 Å². The highest BCUT2D eigenvalue weighted by molar-refractivity contribution is 7.50. The van der Waals surface area contributed by atoms with Crippen LogP contribution in [0.1, 0.15) is 0 Å². The molecule has 57 heavy (non-hydrogen) atoms. The standard InChI is InChI=1S/C15H44N5O21P7.9H3N/c21-42(22,23)9-16(1-3-17(10-43(24,25)26)5-7-19(12-45(30,31)32)13-46(33,34)35)2-4-18(11-44(27,28)29)6-8-20(14-47(36,37)38)15-48(39,40)41;;;;;;;;;/h1-15H2,(H2,21,22,23)(H2,24,25,26)(H2,27,28,29)(H2,30,31,32)(H2,33,34,35)(H2,36,37,38)(H2,39,40,41);9*1H3/p-5. The molecule has 0 bridgehead atoms. The second-order valence-corrected chi connectivity index (χ2v) is 20.9. The molecule has 0 unspecified atom stereocenters. The molecule has 0 radical (unpaired) electrons. The van der Waals surface area contributed by atoms with Crippen LogP contribution in [0.4, 0.5) is 0 Å². The Hall–Kier alpha value is 0.490. The van der Waals surface area contributed by atoms with Crippen LogP contribution in [-0.2, 0) is 32.0 Å². The fourth-order valence-electron chi connectivity index (χ4n) is 3.98. The SMILES string of the molecule is O=P([O-])([O-])CN(CCN(CCN(CP(=O)([O-])[O-])CP(=O)([O-])[O-])CP(=O)([O-])[O-])CCN(CCN(CP(=O)([O-])[O-])CP(=O)([O-])[O-])CP(=O)([O-])[O-].[NH4+].[NH4+].[NH4+].[NH4+].[NH4+].[NH4+].[NH4+].[NH4+].[NH4+]. The van der Waals surface area contributed by atoms with E-state index in [9.17, 15) is 100 Å². The monoisotopic (exact) mass is 995 g/mol. The van der Waals surface area contributed by atoms with Gasteiger partial charge in [-0.2, -0.15) is 0 Å². The minimum atomic E-state index is -5.47. The van der Waals surface area contributed by atoms with Crippen molar-refractivity contribution < 1.29 is 100 Å². The average molecular weight is 996 g/mol. The predicted octanol–water partition coefficient (Wildman–Crippen LogP) is -9.02. The van der Waals surface area contributed by atoms with Crippen molar-refractivity contribution in [3.8, 4) is 0 Å². The van der Waals surface area contributed by atoms with Gasteiger partial charge in [-0.15, -0.1) is 0 Å². The maximum absolute atomic E-state index is 11.5. The first-order valence-electron chi connectivity index (χ1n) is 12.8. The zero-order valence-electron chi connectivity index (χ0n) is 33.5. The summed E-state index contributed by atoms with van der Waals surface area (Å²) in [6.07, 6.45) is -10.1. The van der Waals surface area contributed by atoms with E-state index in [0.29, 0.717) is 19.6 Å². The molecule has 0 amide bonds. The normalized spacial score (nSPS) is 12.4. The second-order valence-electron chi connectivity index (χ2n) is 10.4. The van der Waals surface area contributed by atoms with Crippen LogP contribution in [-0.4, -0.2) is 121 Å². The van der Waals surface area contributed by atoms with Gasteiger partial charge in [0.15, 0.2) is 0 Å². The van der Waals surface area contributed by atoms with E-state index in [1.165, 1.54) is 0 Å². The highest BCUT2D eigenvalue weighted by Crippen LogP contribution is 2.33. The molecule has 0 saturated heterocycles. The summed E-state index contributed by atoms with van der Waals surface area (Å²) in [6, 6.07) is 0. The van der Waals surface area contributed by atoms with E-state index in [4.69, 9.17) is 0 Å². The van der Waals surface area contributed by atoms with Crippen LogP contribution in [0.25, 0.3) is 0 Å². The molecule has 0 rings (SSSR count). The summed E-state index contributed by atoms with van der Waals surface area (Å²) < 4.78 is 78.8. The minimum Gasteiger partial charge on any atom is -0.810 e. The maximum atomic E-state index is 11.5. The van der Waals surface area contributed by atoms with E-state index in [0.717, 1.165) is 4.90 Å². The molecule has 0 atom stereocenters. The first-order valence-corrected chi connectivity index (χ1v) is 24.9. The fourth-order valence-corrected chi connectivity index (χ4v) is 9.54. The summed E-state index contributed by atoms with van der Waals surface area (Å²) in [4.78, 5) is 160. The van der Waals surface area contributed by atoms with Crippen LogP contribution in [0.5, 0.6) is 0 Å². The minimum absolute atomic E-state index is 0. The van der Waals surface area contributed by atoms with Gasteiger partial charge in [-0.1, -0.05) is 53.2 Å². The van der Waals surface area contributed by atoms with Crippen molar-refractivity contribution in [2.75, 3.05) is 96.4 Å². The lowest BCUT2D eigenvalue weighted by atomic mass is 10.4. The molecule has 0 aliphatic rings.